The summed E-state index contributed by atoms with van der Waals surface area (Å²) in [6, 6.07) is 7.33. The first kappa shape index (κ1) is 25.3. The van der Waals surface area contributed by atoms with Gasteiger partial charge in [-0.25, -0.2) is 24.9 Å². The molecule has 0 saturated carbocycles. The molecule has 8 nitrogen and oxygen atoms in total. The van der Waals surface area contributed by atoms with Crippen LogP contribution in [0.15, 0.2) is 58.8 Å². The van der Waals surface area contributed by atoms with Crippen LogP contribution in [-0.2, 0) is 17.8 Å². The van der Waals surface area contributed by atoms with E-state index >= 15 is 0 Å². The van der Waals surface area contributed by atoms with E-state index in [-0.39, 0.29) is 47.8 Å². The van der Waals surface area contributed by atoms with Crippen molar-refractivity contribution in [1.29, 1.82) is 0 Å². The third-order valence-electron chi connectivity index (χ3n) is 5.61. The minimum atomic E-state index is -4.57. The summed E-state index contributed by atoms with van der Waals surface area (Å²) in [6.07, 6.45) is -5.62. The smallest absolute Gasteiger partial charge is 0.422 e. The van der Waals surface area contributed by atoms with Crippen molar-refractivity contribution >= 4 is 23.8 Å². The summed E-state index contributed by atoms with van der Waals surface area (Å²) in [4.78, 5) is 33.9. The van der Waals surface area contributed by atoms with Gasteiger partial charge in [0.25, 0.3) is 0 Å². The van der Waals surface area contributed by atoms with Gasteiger partial charge in [0.15, 0.2) is 24.3 Å². The van der Waals surface area contributed by atoms with E-state index in [4.69, 9.17) is 4.74 Å². The Morgan fingerprint density at radius 1 is 1.03 bits per heavy atom. The van der Waals surface area contributed by atoms with Crippen molar-refractivity contribution in [2.75, 3.05) is 11.5 Å². The van der Waals surface area contributed by atoms with Gasteiger partial charge in [-0.3, -0.25) is 9.69 Å². The Morgan fingerprint density at radius 2 is 1.79 bits per heavy atom. The molecule has 0 spiro atoms. The highest BCUT2D eigenvalue weighted by atomic mass is 19.4. The highest BCUT2D eigenvalue weighted by molar-refractivity contribution is 6.07. The molecular formula is C24H16F6N6O2. The molecule has 3 aromatic rings. The van der Waals surface area contributed by atoms with Crippen molar-refractivity contribution < 1.29 is 35.9 Å². The Bertz CT molecular complexity index is 1440. The van der Waals surface area contributed by atoms with E-state index in [0.717, 1.165) is 6.21 Å². The molecule has 0 aliphatic carbocycles. The number of anilines is 1. The lowest BCUT2D eigenvalue weighted by atomic mass is 10.1. The number of benzene rings is 1. The first-order valence-electron chi connectivity index (χ1n) is 11.1. The number of rotatable bonds is 6. The van der Waals surface area contributed by atoms with Gasteiger partial charge in [-0.2, -0.15) is 26.3 Å². The Labute approximate surface area is 210 Å². The molecule has 0 bridgehead atoms. The second-order valence-electron chi connectivity index (χ2n) is 8.37. The van der Waals surface area contributed by atoms with E-state index in [0.29, 0.717) is 16.7 Å². The van der Waals surface area contributed by atoms with Gasteiger partial charge >= 0.3 is 12.4 Å². The number of carbonyl (C=O) groups is 1. The molecule has 0 N–H and O–H groups in total. The molecule has 1 atom stereocenters. The molecule has 1 amide bonds. The molecule has 0 fully saturated rings. The molecule has 14 heteroatoms. The van der Waals surface area contributed by atoms with Crippen LogP contribution in [0.2, 0.25) is 0 Å². The first-order chi connectivity index (χ1) is 18.0. The fraction of sp³-hybridized carbons (Fsp3) is 0.250. The van der Waals surface area contributed by atoms with Crippen molar-refractivity contribution in [1.82, 2.24) is 15.0 Å². The van der Waals surface area contributed by atoms with Gasteiger partial charge in [-0.05, 0) is 17.7 Å². The van der Waals surface area contributed by atoms with E-state index in [2.05, 4.69) is 24.9 Å². The third-order valence-corrected chi connectivity index (χ3v) is 5.61. The predicted octanol–water partition coefficient (Wildman–Crippen LogP) is 4.33. The standard InChI is InChI=1S/C24H16F6N6O2/c25-23(26,27)12-38-22-16(2-1-7-31-22)20-32-9-15-8-18(37)36(21(15)35-20)11-13-3-5-14(6-4-13)19-33-10-17(34-19)24(28,29)30/h1-7,9-10,17H,8,11-12H2. The molecule has 196 valence electrons. The highest BCUT2D eigenvalue weighted by Gasteiger charge is 2.41. The number of aliphatic imine (C=N–C) groups is 2. The van der Waals surface area contributed by atoms with E-state index in [1.54, 1.807) is 24.3 Å². The SMILES string of the molecule is O=C1Cc2cnc(-c3cccnc3OCC(F)(F)F)nc2N1Cc1ccc(C2=NC(C(F)(F)F)C=N2)cc1. The van der Waals surface area contributed by atoms with Crippen molar-refractivity contribution in [2.24, 2.45) is 9.98 Å². The first-order valence-corrected chi connectivity index (χ1v) is 11.1. The van der Waals surface area contributed by atoms with Gasteiger partial charge < -0.3 is 4.74 Å². The van der Waals surface area contributed by atoms with E-state index in [9.17, 15) is 31.1 Å². The van der Waals surface area contributed by atoms with Gasteiger partial charge in [-0.15, -0.1) is 0 Å². The van der Waals surface area contributed by atoms with E-state index < -0.39 is 25.0 Å². The molecule has 2 aromatic heterocycles. The zero-order valence-corrected chi connectivity index (χ0v) is 19.2. The predicted molar refractivity (Wildman–Crippen MR) is 123 cm³/mol. The molecule has 38 heavy (non-hydrogen) atoms. The van der Waals surface area contributed by atoms with Crippen LogP contribution in [0, 0.1) is 0 Å². The van der Waals surface area contributed by atoms with Gasteiger partial charge in [0.1, 0.15) is 5.82 Å². The van der Waals surface area contributed by atoms with Crippen LogP contribution in [-0.4, -0.2) is 57.9 Å². The van der Waals surface area contributed by atoms with Gasteiger partial charge in [-0.1, -0.05) is 24.3 Å². The Kier molecular flexibility index (Phi) is 6.33. The zero-order chi connectivity index (χ0) is 27.1. The average molecular weight is 534 g/mol. The van der Waals surface area contributed by atoms with Gasteiger partial charge in [0, 0.05) is 29.7 Å². The fourth-order valence-electron chi connectivity index (χ4n) is 3.84. The number of halogens is 6. The molecule has 1 unspecified atom stereocenters. The summed E-state index contributed by atoms with van der Waals surface area (Å²) in [5.41, 5.74) is 1.70. The van der Waals surface area contributed by atoms with Crippen molar-refractivity contribution in [3.05, 3.63) is 65.5 Å². The summed E-state index contributed by atoms with van der Waals surface area (Å²) in [6.45, 7) is -1.45. The van der Waals surface area contributed by atoms with Crippen molar-refractivity contribution in [2.45, 2.75) is 31.4 Å². The lowest BCUT2D eigenvalue weighted by molar-refractivity contribution is -0.154. The van der Waals surface area contributed by atoms with Gasteiger partial charge in [0.05, 0.1) is 18.5 Å². The van der Waals surface area contributed by atoms with Crippen molar-refractivity contribution in [3.63, 3.8) is 0 Å². The number of hydrogen-bond acceptors (Lipinski definition) is 7. The molecule has 5 rings (SSSR count). The van der Waals surface area contributed by atoms with Crippen LogP contribution in [0.25, 0.3) is 11.4 Å². The molecule has 0 saturated heterocycles. The molecule has 2 aliphatic heterocycles. The topological polar surface area (TPSA) is 92.9 Å². The summed E-state index contributed by atoms with van der Waals surface area (Å²) < 4.78 is 81.3. The summed E-state index contributed by atoms with van der Waals surface area (Å²) in [5.74, 6) is -0.304. The number of carbonyl (C=O) groups excluding carboxylic acids is 1. The number of amidine groups is 1. The van der Waals surface area contributed by atoms with Crippen molar-refractivity contribution in [3.8, 4) is 17.3 Å². The molecule has 4 heterocycles. The Morgan fingerprint density at radius 3 is 2.47 bits per heavy atom. The van der Waals surface area contributed by atoms with E-state index in [1.165, 1.54) is 29.4 Å². The van der Waals surface area contributed by atoms with Crippen LogP contribution in [0.1, 0.15) is 16.7 Å². The number of aromatic nitrogens is 3. The maximum absolute atomic E-state index is 12.8. The number of alkyl halides is 6. The Balaban J connectivity index is 1.37. The van der Waals surface area contributed by atoms with E-state index in [1.807, 2.05) is 0 Å². The molecule has 0 radical (unpaired) electrons. The minimum Gasteiger partial charge on any atom is -0.467 e. The van der Waals surface area contributed by atoms with Crippen LogP contribution in [0.3, 0.4) is 0 Å². The van der Waals surface area contributed by atoms with Crippen LogP contribution < -0.4 is 9.64 Å². The fourth-order valence-corrected chi connectivity index (χ4v) is 3.84. The largest absolute Gasteiger partial charge is 0.467 e. The van der Waals surface area contributed by atoms with Gasteiger partial charge in [0.2, 0.25) is 11.8 Å². The second-order valence-corrected chi connectivity index (χ2v) is 8.37. The maximum Gasteiger partial charge on any atom is 0.422 e. The van der Waals surface area contributed by atoms with Crippen LogP contribution >= 0.6 is 0 Å². The summed E-state index contributed by atoms with van der Waals surface area (Å²) >= 11 is 0. The summed E-state index contributed by atoms with van der Waals surface area (Å²) in [5, 5.41) is 0. The molecule has 1 aromatic carbocycles. The normalized spacial score (nSPS) is 17.1. The second kappa shape index (κ2) is 9.50. The number of amides is 1. The number of pyridine rings is 1. The third kappa shape index (κ3) is 5.33. The highest BCUT2D eigenvalue weighted by Crippen LogP contribution is 2.33. The Hall–Kier alpha value is -4.36. The number of hydrogen-bond donors (Lipinski definition) is 0. The maximum atomic E-state index is 12.8. The number of fused-ring (bicyclic) bond motifs is 1. The monoisotopic (exact) mass is 534 g/mol. The average Bonchev–Trinajstić information content (AvgIpc) is 3.48. The zero-order valence-electron chi connectivity index (χ0n) is 19.2. The quantitative estimate of drug-likeness (QED) is 0.439. The minimum absolute atomic E-state index is 0.0281. The summed E-state index contributed by atoms with van der Waals surface area (Å²) in [7, 11) is 0. The number of ether oxygens (including phenoxy) is 1. The number of nitrogens with zero attached hydrogens (tertiary/aromatic N) is 6. The van der Waals surface area contributed by atoms with Crippen LogP contribution in [0.5, 0.6) is 5.88 Å². The molecular weight excluding hydrogens is 518 g/mol. The lowest BCUT2D eigenvalue weighted by Crippen LogP contribution is -2.27. The van der Waals surface area contributed by atoms with Crippen LogP contribution in [0.4, 0.5) is 32.2 Å². The lowest BCUT2D eigenvalue weighted by Gasteiger charge is -2.17. The molecule has 2 aliphatic rings.